The molecule has 0 saturated heterocycles. The second-order valence-corrected chi connectivity index (χ2v) is 8.73. The third kappa shape index (κ3) is 6.94. The standard InChI is InChI=1S/C21H26Br2O6/c1-14-3-4-16(7-18(14)22)29-17-5-6-20(19(23)8-17)28-15(2)9-27-13-21(10-24,11-25)12-26/h3-8,15,24-26H,9-13H2,1-2H3. The van der Waals surface area contributed by atoms with Crippen LogP contribution in [0, 0.1) is 12.3 Å². The molecule has 2 aromatic carbocycles. The molecule has 6 nitrogen and oxygen atoms in total. The van der Waals surface area contributed by atoms with Crippen molar-refractivity contribution < 1.29 is 29.5 Å². The predicted molar refractivity (Wildman–Crippen MR) is 118 cm³/mol. The number of hydrogen-bond donors (Lipinski definition) is 3. The van der Waals surface area contributed by atoms with Gasteiger partial charge in [0, 0.05) is 4.47 Å². The van der Waals surface area contributed by atoms with Gasteiger partial charge in [-0.1, -0.05) is 22.0 Å². The highest BCUT2D eigenvalue weighted by Gasteiger charge is 2.28. The van der Waals surface area contributed by atoms with Crippen LogP contribution in [0.1, 0.15) is 12.5 Å². The highest BCUT2D eigenvalue weighted by molar-refractivity contribution is 9.10. The minimum atomic E-state index is -1.05. The average molecular weight is 534 g/mol. The van der Waals surface area contributed by atoms with Gasteiger partial charge in [0.2, 0.25) is 0 Å². The molecule has 0 aliphatic rings. The van der Waals surface area contributed by atoms with Crippen LogP contribution in [0.5, 0.6) is 17.2 Å². The number of aryl methyl sites for hydroxylation is 1. The summed E-state index contributed by atoms with van der Waals surface area (Å²) in [5.41, 5.74) is 0.0808. The van der Waals surface area contributed by atoms with E-state index >= 15 is 0 Å². The van der Waals surface area contributed by atoms with Gasteiger partial charge in [-0.05, 0) is 65.7 Å². The number of ether oxygens (including phenoxy) is 3. The Kier molecular flexibility index (Phi) is 9.39. The van der Waals surface area contributed by atoms with Gasteiger partial charge in [-0.2, -0.15) is 0 Å². The lowest BCUT2D eigenvalue weighted by molar-refractivity contribution is -0.0688. The van der Waals surface area contributed by atoms with Crippen molar-refractivity contribution in [2.45, 2.75) is 20.0 Å². The Morgan fingerprint density at radius 2 is 1.52 bits per heavy atom. The summed E-state index contributed by atoms with van der Waals surface area (Å²) in [6, 6.07) is 11.2. The van der Waals surface area contributed by atoms with E-state index in [-0.39, 0.29) is 39.1 Å². The van der Waals surface area contributed by atoms with Crippen molar-refractivity contribution in [1.82, 2.24) is 0 Å². The molecule has 3 N–H and O–H groups in total. The van der Waals surface area contributed by atoms with Gasteiger partial charge in [0.05, 0.1) is 42.9 Å². The molecule has 0 amide bonds. The number of benzene rings is 2. The van der Waals surface area contributed by atoms with E-state index in [1.807, 2.05) is 44.2 Å². The maximum absolute atomic E-state index is 9.32. The molecule has 0 saturated carbocycles. The van der Waals surface area contributed by atoms with E-state index in [1.54, 1.807) is 6.07 Å². The average Bonchev–Trinajstić information content (AvgIpc) is 2.70. The first-order chi connectivity index (χ1) is 13.8. The van der Waals surface area contributed by atoms with Gasteiger partial charge in [-0.15, -0.1) is 0 Å². The highest BCUT2D eigenvalue weighted by Crippen LogP contribution is 2.33. The molecular formula is C21H26Br2O6. The lowest BCUT2D eigenvalue weighted by Gasteiger charge is -2.27. The number of hydrogen-bond acceptors (Lipinski definition) is 6. The molecule has 2 aromatic rings. The Morgan fingerprint density at radius 3 is 2.07 bits per heavy atom. The van der Waals surface area contributed by atoms with Gasteiger partial charge in [0.15, 0.2) is 0 Å². The number of aliphatic hydroxyl groups excluding tert-OH is 3. The SMILES string of the molecule is Cc1ccc(Oc2ccc(OC(C)COCC(CO)(CO)CO)c(Br)c2)cc1Br. The molecule has 8 heteroatoms. The van der Waals surface area contributed by atoms with E-state index in [0.29, 0.717) is 11.5 Å². The van der Waals surface area contributed by atoms with Crippen molar-refractivity contribution in [2.24, 2.45) is 5.41 Å². The van der Waals surface area contributed by atoms with Crippen molar-refractivity contribution in [2.75, 3.05) is 33.0 Å². The fraction of sp³-hybridized carbons (Fsp3) is 0.429. The smallest absolute Gasteiger partial charge is 0.134 e. The Balaban J connectivity index is 1.91. The van der Waals surface area contributed by atoms with Crippen LogP contribution in [0.15, 0.2) is 45.3 Å². The number of halogens is 2. The first kappa shape index (κ1) is 24.1. The van der Waals surface area contributed by atoms with Gasteiger partial charge < -0.3 is 29.5 Å². The quantitative estimate of drug-likeness (QED) is 0.403. The molecule has 2 rings (SSSR count). The Hall–Kier alpha value is -1.16. The van der Waals surface area contributed by atoms with E-state index in [4.69, 9.17) is 14.2 Å². The zero-order valence-electron chi connectivity index (χ0n) is 16.4. The minimum Gasteiger partial charge on any atom is -0.487 e. The van der Waals surface area contributed by atoms with Crippen LogP contribution in [0.2, 0.25) is 0 Å². The highest BCUT2D eigenvalue weighted by atomic mass is 79.9. The molecule has 29 heavy (non-hydrogen) atoms. The summed E-state index contributed by atoms with van der Waals surface area (Å²) >= 11 is 6.99. The van der Waals surface area contributed by atoms with Crippen LogP contribution < -0.4 is 9.47 Å². The second-order valence-electron chi connectivity index (χ2n) is 7.02. The van der Waals surface area contributed by atoms with Gasteiger partial charge >= 0.3 is 0 Å². The molecule has 1 unspecified atom stereocenters. The Labute approximate surface area is 187 Å². The van der Waals surface area contributed by atoms with E-state index < -0.39 is 5.41 Å². The molecule has 0 spiro atoms. The third-order valence-electron chi connectivity index (χ3n) is 4.38. The summed E-state index contributed by atoms with van der Waals surface area (Å²) in [4.78, 5) is 0. The monoisotopic (exact) mass is 532 g/mol. The zero-order chi connectivity index (χ0) is 21.4. The van der Waals surface area contributed by atoms with Crippen molar-refractivity contribution in [3.8, 4) is 17.2 Å². The predicted octanol–water partition coefficient (Wildman–Crippen LogP) is 4.06. The maximum atomic E-state index is 9.32. The normalized spacial score (nSPS) is 12.7. The first-order valence-corrected chi connectivity index (χ1v) is 10.7. The number of aliphatic hydroxyl groups is 3. The van der Waals surface area contributed by atoms with Gasteiger partial charge in [0.25, 0.3) is 0 Å². The van der Waals surface area contributed by atoms with Gasteiger partial charge in [-0.3, -0.25) is 0 Å². The summed E-state index contributed by atoms with van der Waals surface area (Å²) in [5.74, 6) is 2.03. The van der Waals surface area contributed by atoms with Crippen molar-refractivity contribution in [1.29, 1.82) is 0 Å². The minimum absolute atomic E-state index is 0.0320. The summed E-state index contributed by atoms with van der Waals surface area (Å²) in [6.07, 6.45) is -0.278. The summed E-state index contributed by atoms with van der Waals surface area (Å²) in [5, 5.41) is 28.0. The molecule has 0 bridgehead atoms. The first-order valence-electron chi connectivity index (χ1n) is 9.13. The lowest BCUT2D eigenvalue weighted by Crippen LogP contribution is -2.39. The summed E-state index contributed by atoms with van der Waals surface area (Å²) < 4.78 is 19.0. The maximum Gasteiger partial charge on any atom is 0.134 e. The molecule has 1 atom stereocenters. The van der Waals surface area contributed by atoms with Crippen molar-refractivity contribution >= 4 is 31.9 Å². The van der Waals surface area contributed by atoms with Crippen LogP contribution >= 0.6 is 31.9 Å². The van der Waals surface area contributed by atoms with Gasteiger partial charge in [-0.25, -0.2) is 0 Å². The fourth-order valence-electron chi connectivity index (χ4n) is 2.39. The van der Waals surface area contributed by atoms with E-state index in [9.17, 15) is 15.3 Å². The van der Waals surface area contributed by atoms with Gasteiger partial charge in [0.1, 0.15) is 23.4 Å². The molecule has 0 aliphatic carbocycles. The van der Waals surface area contributed by atoms with Crippen LogP contribution in [0.3, 0.4) is 0 Å². The van der Waals surface area contributed by atoms with Crippen LogP contribution in [0.4, 0.5) is 0 Å². The molecule has 0 radical (unpaired) electrons. The molecule has 0 fully saturated rings. The zero-order valence-corrected chi connectivity index (χ0v) is 19.6. The van der Waals surface area contributed by atoms with Crippen molar-refractivity contribution in [3.63, 3.8) is 0 Å². The lowest BCUT2D eigenvalue weighted by atomic mass is 9.93. The molecule has 0 aromatic heterocycles. The van der Waals surface area contributed by atoms with E-state index in [2.05, 4.69) is 31.9 Å². The van der Waals surface area contributed by atoms with Crippen LogP contribution in [-0.2, 0) is 4.74 Å². The molecular weight excluding hydrogens is 508 g/mol. The Morgan fingerprint density at radius 1 is 0.931 bits per heavy atom. The topological polar surface area (TPSA) is 88.4 Å². The molecule has 0 aliphatic heterocycles. The summed E-state index contributed by atoms with van der Waals surface area (Å²) in [6.45, 7) is 3.05. The Bertz CT molecular complexity index is 786. The summed E-state index contributed by atoms with van der Waals surface area (Å²) in [7, 11) is 0. The molecule has 0 heterocycles. The van der Waals surface area contributed by atoms with Crippen LogP contribution in [0.25, 0.3) is 0 Å². The second kappa shape index (κ2) is 11.3. The number of rotatable bonds is 11. The largest absolute Gasteiger partial charge is 0.487 e. The van der Waals surface area contributed by atoms with E-state index in [1.165, 1.54) is 0 Å². The third-order valence-corrected chi connectivity index (χ3v) is 5.85. The van der Waals surface area contributed by atoms with Crippen LogP contribution in [-0.4, -0.2) is 54.5 Å². The van der Waals surface area contributed by atoms with E-state index in [0.717, 1.165) is 20.3 Å². The van der Waals surface area contributed by atoms with Crippen molar-refractivity contribution in [3.05, 3.63) is 50.9 Å². The molecule has 160 valence electrons. The fourth-order valence-corrected chi connectivity index (χ4v) is 3.20.